The highest BCUT2D eigenvalue weighted by Gasteiger charge is 2.32. The average molecular weight is 442 g/mol. The number of aliphatic imine (C=N–C) groups is 1. The molecule has 1 aromatic heterocycles. The Labute approximate surface area is 173 Å². The number of carbonyl (C=O) groups excluding carboxylic acids is 1. The number of amides is 1. The first-order chi connectivity index (χ1) is 14.1. The van der Waals surface area contributed by atoms with Crippen molar-refractivity contribution in [1.82, 2.24) is 9.97 Å². The molecule has 0 saturated carbocycles. The second-order valence-corrected chi connectivity index (χ2v) is 7.84. The van der Waals surface area contributed by atoms with Gasteiger partial charge < -0.3 is 16.4 Å². The quantitative estimate of drug-likeness (QED) is 0.612. The minimum atomic E-state index is -4.40. The maximum Gasteiger partial charge on any atom is 0.405 e. The van der Waals surface area contributed by atoms with E-state index in [-0.39, 0.29) is 11.5 Å². The molecule has 12 heteroatoms. The lowest BCUT2D eigenvalue weighted by Crippen LogP contribution is -2.29. The van der Waals surface area contributed by atoms with Gasteiger partial charge in [0.25, 0.3) is 5.91 Å². The van der Waals surface area contributed by atoms with Crippen LogP contribution in [0.3, 0.4) is 0 Å². The van der Waals surface area contributed by atoms with Crippen LogP contribution in [0.2, 0.25) is 0 Å². The summed E-state index contributed by atoms with van der Waals surface area (Å²) in [6.45, 7) is 0.498. The van der Waals surface area contributed by atoms with Gasteiger partial charge in [0.2, 0.25) is 0 Å². The summed E-state index contributed by atoms with van der Waals surface area (Å²) in [5.41, 5.74) is 5.43. The SMILES string of the molecule is C[C@@]1(c2cc(NC(=O)c3cnc(NCC(F)(F)F)cn3)ccc2F)CCSC(N)=N1. The maximum atomic E-state index is 14.4. The lowest BCUT2D eigenvalue weighted by Gasteiger charge is -2.30. The number of alkyl halides is 3. The minimum Gasteiger partial charge on any atom is -0.379 e. The molecule has 0 radical (unpaired) electrons. The third-order valence-corrected chi connectivity index (χ3v) is 5.15. The number of nitrogens with zero attached hydrogens (tertiary/aromatic N) is 3. The van der Waals surface area contributed by atoms with Gasteiger partial charge in [-0.3, -0.25) is 9.79 Å². The molecule has 2 aromatic rings. The van der Waals surface area contributed by atoms with Gasteiger partial charge in [-0.1, -0.05) is 11.8 Å². The Bertz CT molecular complexity index is 966. The summed E-state index contributed by atoms with van der Waals surface area (Å²) < 4.78 is 51.1. The van der Waals surface area contributed by atoms with Crippen molar-refractivity contribution in [3.63, 3.8) is 0 Å². The molecule has 0 unspecified atom stereocenters. The van der Waals surface area contributed by atoms with Crippen LogP contribution < -0.4 is 16.4 Å². The highest BCUT2D eigenvalue weighted by molar-refractivity contribution is 8.13. The smallest absolute Gasteiger partial charge is 0.379 e. The summed E-state index contributed by atoms with van der Waals surface area (Å²) in [7, 11) is 0. The number of carbonyl (C=O) groups is 1. The monoisotopic (exact) mass is 442 g/mol. The highest BCUT2D eigenvalue weighted by Crippen LogP contribution is 2.37. The van der Waals surface area contributed by atoms with Crippen molar-refractivity contribution in [2.75, 3.05) is 22.9 Å². The van der Waals surface area contributed by atoms with E-state index in [4.69, 9.17) is 5.73 Å². The van der Waals surface area contributed by atoms with E-state index in [2.05, 4.69) is 25.6 Å². The fourth-order valence-corrected chi connectivity index (χ4v) is 3.79. The van der Waals surface area contributed by atoms with E-state index >= 15 is 0 Å². The summed E-state index contributed by atoms with van der Waals surface area (Å²) >= 11 is 1.39. The van der Waals surface area contributed by atoms with Gasteiger partial charge in [0, 0.05) is 17.0 Å². The van der Waals surface area contributed by atoms with Crippen molar-refractivity contribution in [2.24, 2.45) is 10.7 Å². The van der Waals surface area contributed by atoms with Crippen LogP contribution in [-0.2, 0) is 5.54 Å². The molecule has 1 aliphatic heterocycles. The number of halogens is 4. The Morgan fingerprint density at radius 2 is 2.07 bits per heavy atom. The molecule has 1 aromatic carbocycles. The van der Waals surface area contributed by atoms with Gasteiger partial charge >= 0.3 is 6.18 Å². The second kappa shape index (κ2) is 8.46. The van der Waals surface area contributed by atoms with Crippen molar-refractivity contribution in [3.05, 3.63) is 47.7 Å². The molecular formula is C18H18F4N6OS. The third-order valence-electron chi connectivity index (χ3n) is 4.35. The number of amidine groups is 1. The van der Waals surface area contributed by atoms with Crippen LogP contribution >= 0.6 is 11.8 Å². The number of aromatic nitrogens is 2. The van der Waals surface area contributed by atoms with Gasteiger partial charge in [-0.25, -0.2) is 14.4 Å². The second-order valence-electron chi connectivity index (χ2n) is 6.73. The number of hydrogen-bond donors (Lipinski definition) is 3. The van der Waals surface area contributed by atoms with E-state index in [9.17, 15) is 22.4 Å². The molecule has 3 rings (SSSR count). The molecular weight excluding hydrogens is 424 g/mol. The van der Waals surface area contributed by atoms with Crippen molar-refractivity contribution in [2.45, 2.75) is 25.1 Å². The molecule has 160 valence electrons. The Kier molecular flexibility index (Phi) is 6.15. The first-order valence-electron chi connectivity index (χ1n) is 8.78. The summed E-state index contributed by atoms with van der Waals surface area (Å²) in [6, 6.07) is 4.09. The van der Waals surface area contributed by atoms with Crippen molar-refractivity contribution >= 4 is 34.3 Å². The van der Waals surface area contributed by atoms with Crippen LogP contribution in [0.5, 0.6) is 0 Å². The Morgan fingerprint density at radius 1 is 1.30 bits per heavy atom. The molecule has 0 saturated heterocycles. The zero-order valence-corrected chi connectivity index (χ0v) is 16.6. The number of anilines is 2. The van der Waals surface area contributed by atoms with Crippen molar-refractivity contribution in [1.29, 1.82) is 0 Å². The normalized spacial score (nSPS) is 19.2. The van der Waals surface area contributed by atoms with Crippen LogP contribution in [0.25, 0.3) is 0 Å². The number of nitrogens with two attached hydrogens (primary N) is 1. The van der Waals surface area contributed by atoms with Crippen LogP contribution in [0.4, 0.5) is 29.1 Å². The molecule has 0 fully saturated rings. The first kappa shape index (κ1) is 21.8. The average Bonchev–Trinajstić information content (AvgIpc) is 2.67. The molecule has 0 spiro atoms. The largest absolute Gasteiger partial charge is 0.405 e. The zero-order chi connectivity index (χ0) is 21.9. The number of hydrogen-bond acceptors (Lipinski definition) is 7. The van der Waals surface area contributed by atoms with Crippen LogP contribution in [0.1, 0.15) is 29.4 Å². The molecule has 2 heterocycles. The van der Waals surface area contributed by atoms with E-state index in [0.717, 1.165) is 12.4 Å². The topological polar surface area (TPSA) is 105 Å². The van der Waals surface area contributed by atoms with Crippen LogP contribution in [-0.4, -0.2) is 39.5 Å². The highest BCUT2D eigenvalue weighted by atomic mass is 32.2. The number of benzene rings is 1. The maximum absolute atomic E-state index is 14.4. The summed E-state index contributed by atoms with van der Waals surface area (Å²) in [6.07, 6.45) is -1.76. The van der Waals surface area contributed by atoms with Crippen molar-refractivity contribution in [3.8, 4) is 0 Å². The molecule has 1 atom stereocenters. The van der Waals surface area contributed by atoms with Gasteiger partial charge in [0.05, 0.1) is 17.9 Å². The Morgan fingerprint density at radius 3 is 2.70 bits per heavy atom. The summed E-state index contributed by atoms with van der Waals surface area (Å²) in [5.74, 6) is -0.549. The van der Waals surface area contributed by atoms with E-state index in [1.165, 1.54) is 30.0 Å². The summed E-state index contributed by atoms with van der Waals surface area (Å²) in [4.78, 5) is 24.3. The standard InChI is InChI=1S/C18H18F4N6OS/c1-17(4-5-30-16(23)28-17)11-6-10(2-3-12(11)19)27-15(29)13-7-25-14(8-24-13)26-9-18(20,21)22/h2-3,6-8H,4-5,9H2,1H3,(H2,23,28)(H,25,26)(H,27,29)/t17-/m0/s1. The van der Waals surface area contributed by atoms with Gasteiger partial charge in [0.1, 0.15) is 23.9 Å². The van der Waals surface area contributed by atoms with Gasteiger partial charge in [-0.05, 0) is 31.5 Å². The predicted molar refractivity (Wildman–Crippen MR) is 107 cm³/mol. The van der Waals surface area contributed by atoms with E-state index < -0.39 is 30.0 Å². The van der Waals surface area contributed by atoms with E-state index in [1.807, 2.05) is 0 Å². The zero-order valence-electron chi connectivity index (χ0n) is 15.8. The number of thioether (sulfide) groups is 1. The van der Waals surface area contributed by atoms with Crippen LogP contribution in [0, 0.1) is 5.82 Å². The lowest BCUT2D eigenvalue weighted by molar-refractivity contribution is -0.115. The molecule has 1 aliphatic rings. The first-order valence-corrected chi connectivity index (χ1v) is 9.76. The van der Waals surface area contributed by atoms with Crippen molar-refractivity contribution < 1.29 is 22.4 Å². The predicted octanol–water partition coefficient (Wildman–Crippen LogP) is 3.51. The molecule has 4 N–H and O–H groups in total. The van der Waals surface area contributed by atoms with Crippen LogP contribution in [0.15, 0.2) is 35.6 Å². The molecule has 0 aliphatic carbocycles. The van der Waals surface area contributed by atoms with Gasteiger partial charge in [-0.2, -0.15) is 13.2 Å². The fourth-order valence-electron chi connectivity index (χ4n) is 2.82. The van der Waals surface area contributed by atoms with Gasteiger partial charge in [-0.15, -0.1) is 0 Å². The fraction of sp³-hybridized carbons (Fsp3) is 0.333. The Hall–Kier alpha value is -2.89. The van der Waals surface area contributed by atoms with E-state index in [1.54, 1.807) is 6.92 Å². The molecule has 7 nitrogen and oxygen atoms in total. The number of rotatable bonds is 5. The molecule has 0 bridgehead atoms. The molecule has 30 heavy (non-hydrogen) atoms. The minimum absolute atomic E-state index is 0.110. The summed E-state index contributed by atoms with van der Waals surface area (Å²) in [5, 5.41) is 5.01. The lowest BCUT2D eigenvalue weighted by atomic mass is 9.89. The Balaban J connectivity index is 1.74. The van der Waals surface area contributed by atoms with E-state index in [0.29, 0.717) is 28.6 Å². The molecule has 1 amide bonds. The third kappa shape index (κ3) is 5.38. The number of nitrogens with one attached hydrogen (secondary N) is 2. The van der Waals surface area contributed by atoms with Gasteiger partial charge in [0.15, 0.2) is 5.17 Å².